The normalized spacial score (nSPS) is 10.8. The lowest BCUT2D eigenvalue weighted by atomic mass is 10.1. The van der Waals surface area contributed by atoms with Crippen molar-refractivity contribution in [3.8, 4) is 0 Å². The molecule has 0 aliphatic carbocycles. The first kappa shape index (κ1) is 18.6. The maximum Gasteiger partial charge on any atom is 0.338 e. The van der Waals surface area contributed by atoms with Gasteiger partial charge in [-0.2, -0.15) is 0 Å². The fourth-order valence-corrected chi connectivity index (χ4v) is 1.70. The van der Waals surface area contributed by atoms with Gasteiger partial charge in [-0.05, 0) is 38.5 Å². The third-order valence-corrected chi connectivity index (χ3v) is 2.55. The van der Waals surface area contributed by atoms with Crippen molar-refractivity contribution in [2.24, 2.45) is 0 Å². The first-order chi connectivity index (χ1) is 10.7. The maximum atomic E-state index is 11.9. The van der Waals surface area contributed by atoms with Crippen LogP contribution in [0.25, 0.3) is 0 Å². The van der Waals surface area contributed by atoms with Crippen molar-refractivity contribution >= 4 is 17.9 Å². The van der Waals surface area contributed by atoms with Gasteiger partial charge in [0.1, 0.15) is 0 Å². The van der Waals surface area contributed by atoms with E-state index in [1.165, 1.54) is 0 Å². The molecule has 1 aromatic rings. The van der Waals surface area contributed by atoms with Crippen LogP contribution >= 0.6 is 0 Å². The molecular weight excluding hydrogens is 300 g/mol. The summed E-state index contributed by atoms with van der Waals surface area (Å²) in [6.07, 6.45) is 0. The average Bonchev–Trinajstić information content (AvgIpc) is 2.43. The molecule has 0 aromatic heterocycles. The van der Waals surface area contributed by atoms with Crippen LogP contribution in [0, 0.1) is 0 Å². The van der Waals surface area contributed by atoms with Crippen LogP contribution in [-0.4, -0.2) is 37.2 Å². The predicted octanol–water partition coefficient (Wildman–Crippen LogP) is 1.61. The molecule has 0 atom stereocenters. The van der Waals surface area contributed by atoms with Crippen molar-refractivity contribution < 1.29 is 23.9 Å². The number of carbonyl (C=O) groups excluding carboxylic acids is 3. The second kappa shape index (κ2) is 8.28. The largest absolute Gasteiger partial charge is 0.452 e. The van der Waals surface area contributed by atoms with E-state index in [0.717, 1.165) is 5.56 Å². The highest BCUT2D eigenvalue weighted by Gasteiger charge is 2.17. The van der Waals surface area contributed by atoms with Crippen LogP contribution < -0.4 is 10.6 Å². The summed E-state index contributed by atoms with van der Waals surface area (Å²) in [6.45, 7) is 5.18. The summed E-state index contributed by atoms with van der Waals surface area (Å²) in [4.78, 5) is 35.0. The molecule has 126 valence electrons. The Bertz CT molecular complexity index is 578. The number of rotatable bonds is 5. The van der Waals surface area contributed by atoms with E-state index < -0.39 is 30.1 Å². The van der Waals surface area contributed by atoms with Crippen molar-refractivity contribution in [1.29, 1.82) is 0 Å². The Hall–Kier alpha value is -2.41. The highest BCUT2D eigenvalue weighted by molar-refractivity contribution is 5.97. The quantitative estimate of drug-likeness (QED) is 0.803. The highest BCUT2D eigenvalue weighted by Crippen LogP contribution is 2.07. The summed E-state index contributed by atoms with van der Waals surface area (Å²) >= 11 is 0. The fourth-order valence-electron chi connectivity index (χ4n) is 1.70. The van der Waals surface area contributed by atoms with Crippen molar-refractivity contribution in [3.63, 3.8) is 0 Å². The summed E-state index contributed by atoms with van der Waals surface area (Å²) in [5, 5.41) is 4.65. The van der Waals surface area contributed by atoms with Crippen LogP contribution in [0.2, 0.25) is 0 Å². The molecule has 23 heavy (non-hydrogen) atoms. The molecule has 0 radical (unpaired) electrons. The molecule has 0 unspecified atom stereocenters. The Kier molecular flexibility index (Phi) is 6.71. The van der Waals surface area contributed by atoms with Gasteiger partial charge in [-0.1, -0.05) is 12.1 Å². The summed E-state index contributed by atoms with van der Waals surface area (Å²) in [5.41, 5.74) is 0.658. The number of benzene rings is 1. The highest BCUT2D eigenvalue weighted by atomic mass is 16.5. The van der Waals surface area contributed by atoms with Gasteiger partial charge in [0.15, 0.2) is 6.61 Å². The minimum atomic E-state index is -0.701. The third-order valence-electron chi connectivity index (χ3n) is 2.55. The van der Waals surface area contributed by atoms with Gasteiger partial charge < -0.3 is 14.8 Å². The Morgan fingerprint density at radius 1 is 1.17 bits per heavy atom. The summed E-state index contributed by atoms with van der Waals surface area (Å²) < 4.78 is 9.87. The number of urea groups is 1. The summed E-state index contributed by atoms with van der Waals surface area (Å²) in [7, 11) is 1.55. The molecule has 2 N–H and O–H groups in total. The maximum absolute atomic E-state index is 11.9. The lowest BCUT2D eigenvalue weighted by Crippen LogP contribution is -2.49. The zero-order valence-corrected chi connectivity index (χ0v) is 13.8. The van der Waals surface area contributed by atoms with Crippen LogP contribution in [0.1, 0.15) is 36.7 Å². The molecule has 0 aliphatic rings. The standard InChI is InChI=1S/C16H22N2O5/c1-16(2,3)18-15(21)17-13(19)10-23-14(20)12-7-5-6-11(8-12)9-22-4/h5-8H,9-10H2,1-4H3,(H2,17,18,19,21). The molecule has 0 saturated heterocycles. The van der Waals surface area contributed by atoms with E-state index in [1.807, 2.05) is 6.07 Å². The van der Waals surface area contributed by atoms with Gasteiger partial charge in [0.05, 0.1) is 12.2 Å². The molecule has 0 fully saturated rings. The van der Waals surface area contributed by atoms with E-state index in [1.54, 1.807) is 46.1 Å². The minimum Gasteiger partial charge on any atom is -0.452 e. The van der Waals surface area contributed by atoms with Gasteiger partial charge in [0.25, 0.3) is 5.91 Å². The van der Waals surface area contributed by atoms with Gasteiger partial charge in [-0.3, -0.25) is 10.1 Å². The van der Waals surface area contributed by atoms with E-state index >= 15 is 0 Å². The van der Waals surface area contributed by atoms with Crippen molar-refractivity contribution in [1.82, 2.24) is 10.6 Å². The molecule has 0 aliphatic heterocycles. The number of ether oxygens (including phenoxy) is 2. The lowest BCUT2D eigenvalue weighted by Gasteiger charge is -2.20. The second-order valence-electron chi connectivity index (χ2n) is 5.96. The zero-order valence-electron chi connectivity index (χ0n) is 13.8. The first-order valence-electron chi connectivity index (χ1n) is 7.08. The van der Waals surface area contributed by atoms with Crippen molar-refractivity contribution in [2.45, 2.75) is 32.9 Å². The molecule has 1 rings (SSSR count). The summed E-state index contributed by atoms with van der Waals surface area (Å²) in [5.74, 6) is -1.34. The molecule has 7 heteroatoms. The Morgan fingerprint density at radius 3 is 2.48 bits per heavy atom. The minimum absolute atomic E-state index is 0.312. The number of methoxy groups -OCH3 is 1. The topological polar surface area (TPSA) is 93.7 Å². The molecule has 3 amide bonds. The first-order valence-corrected chi connectivity index (χ1v) is 7.08. The number of imide groups is 1. The molecular formula is C16H22N2O5. The number of nitrogens with one attached hydrogen (secondary N) is 2. The van der Waals surface area contributed by atoms with Gasteiger partial charge in [0, 0.05) is 12.6 Å². The van der Waals surface area contributed by atoms with E-state index in [9.17, 15) is 14.4 Å². The van der Waals surface area contributed by atoms with Gasteiger partial charge >= 0.3 is 12.0 Å². The molecule has 0 bridgehead atoms. The van der Waals surface area contributed by atoms with Crippen LogP contribution in [0.5, 0.6) is 0 Å². The van der Waals surface area contributed by atoms with Gasteiger partial charge in [0.2, 0.25) is 0 Å². The van der Waals surface area contributed by atoms with E-state index in [4.69, 9.17) is 9.47 Å². The van der Waals surface area contributed by atoms with E-state index in [0.29, 0.717) is 12.2 Å². The number of carbonyl (C=O) groups is 3. The summed E-state index contributed by atoms with van der Waals surface area (Å²) in [6, 6.07) is 6.06. The molecule has 0 saturated carbocycles. The molecule has 0 spiro atoms. The van der Waals surface area contributed by atoms with Crippen LogP contribution in [-0.2, 0) is 20.9 Å². The molecule has 1 aromatic carbocycles. The van der Waals surface area contributed by atoms with E-state index in [-0.39, 0.29) is 0 Å². The number of amides is 3. The Morgan fingerprint density at radius 2 is 1.87 bits per heavy atom. The zero-order chi connectivity index (χ0) is 17.5. The third kappa shape index (κ3) is 7.42. The smallest absolute Gasteiger partial charge is 0.338 e. The molecule has 7 nitrogen and oxygen atoms in total. The van der Waals surface area contributed by atoms with E-state index in [2.05, 4.69) is 10.6 Å². The monoisotopic (exact) mass is 322 g/mol. The van der Waals surface area contributed by atoms with Crippen molar-refractivity contribution in [2.75, 3.05) is 13.7 Å². The van der Waals surface area contributed by atoms with Crippen molar-refractivity contribution in [3.05, 3.63) is 35.4 Å². The van der Waals surface area contributed by atoms with Gasteiger partial charge in [-0.15, -0.1) is 0 Å². The number of hydrogen-bond acceptors (Lipinski definition) is 5. The van der Waals surface area contributed by atoms with Crippen LogP contribution in [0.15, 0.2) is 24.3 Å². The average molecular weight is 322 g/mol. The number of esters is 1. The second-order valence-corrected chi connectivity index (χ2v) is 5.96. The predicted molar refractivity (Wildman–Crippen MR) is 83.9 cm³/mol. The Labute approximate surface area is 135 Å². The number of hydrogen-bond donors (Lipinski definition) is 2. The Balaban J connectivity index is 2.48. The van der Waals surface area contributed by atoms with Crippen LogP contribution in [0.4, 0.5) is 4.79 Å². The SMILES string of the molecule is COCc1cccc(C(=O)OCC(=O)NC(=O)NC(C)(C)C)c1. The fraction of sp³-hybridized carbons (Fsp3) is 0.438. The molecule has 0 heterocycles. The van der Waals surface area contributed by atoms with Crippen LogP contribution in [0.3, 0.4) is 0 Å². The van der Waals surface area contributed by atoms with Gasteiger partial charge in [-0.25, -0.2) is 9.59 Å². The lowest BCUT2D eigenvalue weighted by molar-refractivity contribution is -0.123.